The average Bonchev–Trinajstić information content (AvgIpc) is 3.03. The van der Waals surface area contributed by atoms with Crippen LogP contribution >= 0.6 is 0 Å². The van der Waals surface area contributed by atoms with E-state index in [1.165, 1.54) is 128 Å². The standard InChI is InChI=1S/C46H80O2/c1-10-11-12-13-14-15-16-17-18-19-20-21-22-23-40(47)48-39-28-30-44(7)37(42(39,4)5)27-31-46(9)38(44)25-24-36-41-35(3)34(2)26-29-43(41,6)32-33-45(36,46)8/h24,34-35,37-39,41H,10-23,25-33H2,1-9H3/t34-,35+,37-,38-,39+,41-,43-,44+,45-,46-/m1/s1. The SMILES string of the molecule is CCCCCCCCCCCCCCCC(=O)O[C@H]1CC[C@@]2(C)[C@H](CC[C@]3(C)[C@@H]2CC=C2[C@H]4[C@@H](C)[C@H](C)CC[C@]4(C)CC[C@]23C)C1(C)C. The molecular weight excluding hydrogens is 585 g/mol. The minimum atomic E-state index is 0.0311. The first-order valence-corrected chi connectivity index (χ1v) is 21.6. The lowest BCUT2D eigenvalue weighted by molar-refractivity contribution is -0.213. The van der Waals surface area contributed by atoms with E-state index in [9.17, 15) is 4.79 Å². The van der Waals surface area contributed by atoms with Gasteiger partial charge in [-0.2, -0.15) is 0 Å². The maximum absolute atomic E-state index is 13.2. The minimum Gasteiger partial charge on any atom is -0.462 e. The number of rotatable bonds is 15. The lowest BCUT2D eigenvalue weighted by Gasteiger charge is -2.71. The third-order valence-electron chi connectivity index (χ3n) is 17.1. The summed E-state index contributed by atoms with van der Waals surface area (Å²) in [5.74, 6) is 3.81. The second-order valence-corrected chi connectivity index (χ2v) is 20.1. The maximum atomic E-state index is 13.2. The molecule has 5 aliphatic carbocycles. The predicted octanol–water partition coefficient (Wildman–Crippen LogP) is 14.1. The van der Waals surface area contributed by atoms with Gasteiger partial charge < -0.3 is 4.74 Å². The van der Waals surface area contributed by atoms with Crippen LogP contribution in [0.5, 0.6) is 0 Å². The minimum absolute atomic E-state index is 0.0311. The van der Waals surface area contributed by atoms with Gasteiger partial charge in [-0.05, 0) is 115 Å². The van der Waals surface area contributed by atoms with Gasteiger partial charge in [0, 0.05) is 11.8 Å². The van der Waals surface area contributed by atoms with Gasteiger partial charge in [-0.15, -0.1) is 0 Å². The fraction of sp³-hybridized carbons (Fsp3) is 0.935. The number of unbranched alkanes of at least 4 members (excludes halogenated alkanes) is 12. The molecule has 5 rings (SSSR count). The molecule has 5 aliphatic rings. The van der Waals surface area contributed by atoms with E-state index in [0.717, 1.165) is 36.5 Å². The van der Waals surface area contributed by atoms with E-state index in [1.54, 1.807) is 0 Å². The molecule has 10 atom stereocenters. The molecule has 2 nitrogen and oxygen atoms in total. The summed E-state index contributed by atoms with van der Waals surface area (Å²) in [6.45, 7) is 23.1. The van der Waals surface area contributed by atoms with Crippen molar-refractivity contribution in [2.45, 2.75) is 216 Å². The van der Waals surface area contributed by atoms with Crippen LogP contribution < -0.4 is 0 Å². The summed E-state index contributed by atoms with van der Waals surface area (Å²) >= 11 is 0. The highest BCUT2D eigenvalue weighted by Crippen LogP contribution is 2.75. The molecule has 0 heterocycles. The first-order chi connectivity index (χ1) is 22.7. The first-order valence-electron chi connectivity index (χ1n) is 21.6. The van der Waals surface area contributed by atoms with E-state index in [0.29, 0.717) is 34.0 Å². The molecule has 0 aromatic heterocycles. The van der Waals surface area contributed by atoms with Crippen LogP contribution in [0.15, 0.2) is 11.6 Å². The van der Waals surface area contributed by atoms with Crippen LogP contribution in [0.4, 0.5) is 0 Å². The summed E-state index contributed by atoms with van der Waals surface area (Å²) in [6, 6.07) is 0. The van der Waals surface area contributed by atoms with Gasteiger partial charge in [0.05, 0.1) is 0 Å². The first kappa shape index (κ1) is 38.4. The number of hydrogen-bond donors (Lipinski definition) is 0. The van der Waals surface area contributed by atoms with Gasteiger partial charge in [0.1, 0.15) is 6.10 Å². The predicted molar refractivity (Wildman–Crippen MR) is 205 cm³/mol. The van der Waals surface area contributed by atoms with Crippen molar-refractivity contribution >= 4 is 5.97 Å². The molecule has 48 heavy (non-hydrogen) atoms. The Kier molecular flexibility index (Phi) is 12.4. The van der Waals surface area contributed by atoms with Crippen molar-refractivity contribution < 1.29 is 9.53 Å². The van der Waals surface area contributed by atoms with E-state index in [-0.39, 0.29) is 17.5 Å². The number of carbonyl (C=O) groups excluding carboxylic acids is 1. The Labute approximate surface area is 299 Å². The highest BCUT2D eigenvalue weighted by Gasteiger charge is 2.68. The Hall–Kier alpha value is -0.790. The van der Waals surface area contributed by atoms with Crippen LogP contribution in [0, 0.1) is 56.7 Å². The van der Waals surface area contributed by atoms with Gasteiger partial charge in [-0.1, -0.05) is 151 Å². The van der Waals surface area contributed by atoms with E-state index in [2.05, 4.69) is 68.4 Å². The van der Waals surface area contributed by atoms with Gasteiger partial charge in [-0.3, -0.25) is 4.79 Å². The molecule has 0 N–H and O–H groups in total. The van der Waals surface area contributed by atoms with Crippen molar-refractivity contribution in [3.63, 3.8) is 0 Å². The smallest absolute Gasteiger partial charge is 0.306 e. The van der Waals surface area contributed by atoms with Crippen LogP contribution in [0.1, 0.15) is 210 Å². The normalized spacial score (nSPS) is 41.7. The van der Waals surface area contributed by atoms with E-state index in [1.807, 2.05) is 5.57 Å². The zero-order chi connectivity index (χ0) is 34.8. The third-order valence-corrected chi connectivity index (χ3v) is 17.1. The molecule has 0 aromatic rings. The molecule has 0 unspecified atom stereocenters. The summed E-state index contributed by atoms with van der Waals surface area (Å²) in [6.07, 6.45) is 32.7. The van der Waals surface area contributed by atoms with Gasteiger partial charge in [-0.25, -0.2) is 0 Å². The molecule has 0 amide bonds. The van der Waals surface area contributed by atoms with Gasteiger partial charge >= 0.3 is 5.97 Å². The molecule has 0 aliphatic heterocycles. The number of carbonyl (C=O) groups is 1. The maximum Gasteiger partial charge on any atom is 0.306 e. The van der Waals surface area contributed by atoms with E-state index >= 15 is 0 Å². The van der Waals surface area contributed by atoms with Gasteiger partial charge in [0.2, 0.25) is 0 Å². The Morgan fingerprint density at radius 2 is 1.31 bits per heavy atom. The summed E-state index contributed by atoms with van der Waals surface area (Å²) in [7, 11) is 0. The molecular formula is C46H80O2. The fourth-order valence-electron chi connectivity index (χ4n) is 13.5. The lowest BCUT2D eigenvalue weighted by Crippen LogP contribution is -2.65. The number of allylic oxidation sites excluding steroid dienone is 2. The number of hydrogen-bond acceptors (Lipinski definition) is 2. The van der Waals surface area contributed by atoms with Crippen molar-refractivity contribution in [1.29, 1.82) is 0 Å². The summed E-state index contributed by atoms with van der Waals surface area (Å²) in [4.78, 5) is 13.2. The van der Waals surface area contributed by atoms with Crippen molar-refractivity contribution in [3.05, 3.63) is 11.6 Å². The Bertz CT molecular complexity index is 1100. The van der Waals surface area contributed by atoms with E-state index in [4.69, 9.17) is 4.74 Å². The van der Waals surface area contributed by atoms with Crippen molar-refractivity contribution in [3.8, 4) is 0 Å². The molecule has 0 radical (unpaired) electrons. The van der Waals surface area contributed by atoms with Crippen molar-refractivity contribution in [2.75, 3.05) is 0 Å². The van der Waals surface area contributed by atoms with Crippen LogP contribution in [-0.4, -0.2) is 12.1 Å². The highest BCUT2D eigenvalue weighted by molar-refractivity contribution is 5.69. The molecule has 0 spiro atoms. The summed E-state index contributed by atoms with van der Waals surface area (Å²) in [5, 5.41) is 0. The fourth-order valence-corrected chi connectivity index (χ4v) is 13.5. The topological polar surface area (TPSA) is 26.3 Å². The van der Waals surface area contributed by atoms with Crippen molar-refractivity contribution in [2.24, 2.45) is 56.7 Å². The van der Waals surface area contributed by atoms with Crippen LogP contribution in [-0.2, 0) is 9.53 Å². The Balaban J connectivity index is 1.12. The van der Waals surface area contributed by atoms with Crippen LogP contribution in [0.2, 0.25) is 0 Å². The molecule has 4 saturated carbocycles. The number of esters is 1. The van der Waals surface area contributed by atoms with E-state index < -0.39 is 0 Å². The number of ether oxygens (including phenoxy) is 1. The second kappa shape index (κ2) is 15.4. The average molecular weight is 665 g/mol. The quantitative estimate of drug-likeness (QED) is 0.0989. The highest BCUT2D eigenvalue weighted by atomic mass is 16.5. The molecule has 0 aromatic carbocycles. The molecule has 0 bridgehead atoms. The van der Waals surface area contributed by atoms with Crippen molar-refractivity contribution in [1.82, 2.24) is 0 Å². The van der Waals surface area contributed by atoms with Gasteiger partial charge in [0.25, 0.3) is 0 Å². The summed E-state index contributed by atoms with van der Waals surface area (Å²) < 4.78 is 6.42. The zero-order valence-electron chi connectivity index (χ0n) is 33.6. The summed E-state index contributed by atoms with van der Waals surface area (Å²) in [5.41, 5.74) is 3.40. The third kappa shape index (κ3) is 7.14. The molecule has 2 heteroatoms. The van der Waals surface area contributed by atoms with Crippen LogP contribution in [0.25, 0.3) is 0 Å². The largest absolute Gasteiger partial charge is 0.462 e. The molecule has 4 fully saturated rings. The Morgan fingerprint density at radius 3 is 1.94 bits per heavy atom. The monoisotopic (exact) mass is 665 g/mol. The molecule has 0 saturated heterocycles. The van der Waals surface area contributed by atoms with Gasteiger partial charge in [0.15, 0.2) is 0 Å². The Morgan fingerprint density at radius 1 is 0.708 bits per heavy atom. The number of fused-ring (bicyclic) bond motifs is 7. The second-order valence-electron chi connectivity index (χ2n) is 20.1. The molecule has 276 valence electrons. The zero-order valence-corrected chi connectivity index (χ0v) is 33.6. The lowest BCUT2D eigenvalue weighted by atomic mass is 9.33. The van der Waals surface area contributed by atoms with Crippen LogP contribution in [0.3, 0.4) is 0 Å².